The van der Waals surface area contributed by atoms with Crippen molar-refractivity contribution >= 4 is 29.1 Å². The Kier molecular flexibility index (Phi) is 5.22. The highest BCUT2D eigenvalue weighted by Gasteiger charge is 2.31. The number of benzene rings is 1. The lowest BCUT2D eigenvalue weighted by Crippen LogP contribution is -2.39. The average Bonchev–Trinajstić information content (AvgIpc) is 2.90. The van der Waals surface area contributed by atoms with Crippen LogP contribution in [0.1, 0.15) is 12.8 Å². The Hall–Kier alpha value is -2.87. The molecule has 2 aliphatic rings. The number of amides is 3. The summed E-state index contributed by atoms with van der Waals surface area (Å²) in [5.74, 6) is -1.26. The summed E-state index contributed by atoms with van der Waals surface area (Å²) in [7, 11) is 0. The molecule has 2 aliphatic heterocycles. The summed E-state index contributed by atoms with van der Waals surface area (Å²) in [6, 6.07) is 7.51. The van der Waals surface area contributed by atoms with Gasteiger partial charge in [0.25, 0.3) is 11.8 Å². The highest BCUT2D eigenvalue weighted by atomic mass is 16.3. The fraction of sp³-hybridized carbons (Fsp3) is 0.389. The number of nitrogens with zero attached hydrogens (tertiary/aromatic N) is 2. The molecule has 0 saturated carbocycles. The molecule has 0 aromatic heterocycles. The SMILES string of the molecule is NC(=O)C1CCN(c2ccccc2NC2=CC(=O)N(CCO)C2=O)CC1. The Morgan fingerprint density at radius 3 is 2.58 bits per heavy atom. The van der Waals surface area contributed by atoms with Crippen LogP contribution in [0.25, 0.3) is 0 Å². The number of β-amino-alcohol motifs (C(OH)–C–C–N with tert-alkyl or cyclic N) is 1. The molecule has 4 N–H and O–H groups in total. The molecule has 1 aromatic carbocycles. The second-order valence-corrected chi connectivity index (χ2v) is 6.38. The Morgan fingerprint density at radius 2 is 1.92 bits per heavy atom. The molecule has 0 aliphatic carbocycles. The van der Waals surface area contributed by atoms with Crippen molar-refractivity contribution in [2.75, 3.05) is 36.5 Å². The third-order valence-electron chi connectivity index (χ3n) is 4.74. The largest absolute Gasteiger partial charge is 0.395 e. The van der Waals surface area contributed by atoms with Crippen LogP contribution in [0.2, 0.25) is 0 Å². The normalized spacial score (nSPS) is 18.3. The van der Waals surface area contributed by atoms with Gasteiger partial charge in [-0.05, 0) is 25.0 Å². The van der Waals surface area contributed by atoms with Crippen molar-refractivity contribution in [3.05, 3.63) is 36.0 Å². The molecule has 3 rings (SSSR count). The number of rotatable bonds is 6. The van der Waals surface area contributed by atoms with Crippen molar-refractivity contribution in [2.45, 2.75) is 12.8 Å². The molecule has 0 atom stereocenters. The predicted octanol–water partition coefficient (Wildman–Crippen LogP) is 0.0452. The van der Waals surface area contributed by atoms with Crippen LogP contribution in [-0.4, -0.2) is 54.0 Å². The fourth-order valence-electron chi connectivity index (χ4n) is 3.31. The highest BCUT2D eigenvalue weighted by Crippen LogP contribution is 2.31. The van der Waals surface area contributed by atoms with E-state index >= 15 is 0 Å². The smallest absolute Gasteiger partial charge is 0.277 e. The molecule has 2 heterocycles. The van der Waals surface area contributed by atoms with E-state index in [1.807, 2.05) is 24.3 Å². The molecule has 8 heteroatoms. The minimum Gasteiger partial charge on any atom is -0.395 e. The van der Waals surface area contributed by atoms with Gasteiger partial charge < -0.3 is 21.1 Å². The van der Waals surface area contributed by atoms with E-state index in [1.165, 1.54) is 6.08 Å². The summed E-state index contributed by atoms with van der Waals surface area (Å²) in [5, 5.41) is 12.0. The lowest BCUT2D eigenvalue weighted by Gasteiger charge is -2.33. The molecule has 0 radical (unpaired) electrons. The summed E-state index contributed by atoms with van der Waals surface area (Å²) in [4.78, 5) is 38.7. The monoisotopic (exact) mass is 358 g/mol. The summed E-state index contributed by atoms with van der Waals surface area (Å²) < 4.78 is 0. The van der Waals surface area contributed by atoms with Gasteiger partial charge in [0.05, 0.1) is 24.5 Å². The van der Waals surface area contributed by atoms with Crippen LogP contribution in [0.3, 0.4) is 0 Å². The van der Waals surface area contributed by atoms with Crippen molar-refractivity contribution in [2.24, 2.45) is 11.7 Å². The van der Waals surface area contributed by atoms with Crippen LogP contribution in [0, 0.1) is 5.92 Å². The van der Waals surface area contributed by atoms with Crippen molar-refractivity contribution in [1.82, 2.24) is 4.90 Å². The van der Waals surface area contributed by atoms with E-state index in [4.69, 9.17) is 10.8 Å². The van der Waals surface area contributed by atoms with Crippen LogP contribution >= 0.6 is 0 Å². The first-order valence-electron chi connectivity index (χ1n) is 8.60. The molecule has 1 saturated heterocycles. The minimum absolute atomic E-state index is 0.0262. The Labute approximate surface area is 151 Å². The number of imide groups is 1. The number of anilines is 2. The number of piperidine rings is 1. The zero-order valence-electron chi connectivity index (χ0n) is 14.4. The summed E-state index contributed by atoms with van der Waals surface area (Å²) in [6.45, 7) is 1.08. The maximum Gasteiger partial charge on any atom is 0.277 e. The number of para-hydroxylation sites is 2. The molecule has 3 amide bonds. The zero-order valence-corrected chi connectivity index (χ0v) is 14.4. The predicted molar refractivity (Wildman–Crippen MR) is 96.1 cm³/mol. The highest BCUT2D eigenvalue weighted by molar-refractivity contribution is 6.17. The van der Waals surface area contributed by atoms with E-state index in [2.05, 4.69) is 10.2 Å². The Balaban J connectivity index is 1.75. The van der Waals surface area contributed by atoms with Gasteiger partial charge in [0, 0.05) is 25.1 Å². The van der Waals surface area contributed by atoms with Crippen LogP contribution < -0.4 is 16.0 Å². The van der Waals surface area contributed by atoms with E-state index < -0.39 is 11.8 Å². The second kappa shape index (κ2) is 7.57. The Bertz CT molecular complexity index is 753. The lowest BCUT2D eigenvalue weighted by molar-refractivity contribution is -0.137. The van der Waals surface area contributed by atoms with E-state index in [0.29, 0.717) is 31.6 Å². The maximum atomic E-state index is 12.3. The van der Waals surface area contributed by atoms with Crippen molar-refractivity contribution < 1.29 is 19.5 Å². The number of carbonyl (C=O) groups excluding carboxylic acids is 3. The third-order valence-corrected chi connectivity index (χ3v) is 4.74. The number of carbonyl (C=O) groups is 3. The number of hydrogen-bond acceptors (Lipinski definition) is 6. The van der Waals surface area contributed by atoms with Gasteiger partial charge in [0.2, 0.25) is 5.91 Å². The van der Waals surface area contributed by atoms with E-state index in [1.54, 1.807) is 0 Å². The third kappa shape index (κ3) is 3.55. The van der Waals surface area contributed by atoms with Crippen molar-refractivity contribution in [3.8, 4) is 0 Å². The molecule has 26 heavy (non-hydrogen) atoms. The molecule has 0 spiro atoms. The average molecular weight is 358 g/mol. The van der Waals surface area contributed by atoms with Gasteiger partial charge in [-0.2, -0.15) is 0 Å². The molecular weight excluding hydrogens is 336 g/mol. The second-order valence-electron chi connectivity index (χ2n) is 6.38. The van der Waals surface area contributed by atoms with Gasteiger partial charge in [0.15, 0.2) is 0 Å². The molecule has 0 unspecified atom stereocenters. The summed E-state index contributed by atoms with van der Waals surface area (Å²) in [6.07, 6.45) is 2.62. The van der Waals surface area contributed by atoms with Crippen LogP contribution in [0.4, 0.5) is 11.4 Å². The number of hydrogen-bond donors (Lipinski definition) is 3. The Morgan fingerprint density at radius 1 is 1.23 bits per heavy atom. The van der Waals surface area contributed by atoms with E-state index in [9.17, 15) is 14.4 Å². The van der Waals surface area contributed by atoms with Crippen LogP contribution in [-0.2, 0) is 14.4 Å². The van der Waals surface area contributed by atoms with E-state index in [0.717, 1.165) is 10.6 Å². The van der Waals surface area contributed by atoms with Crippen molar-refractivity contribution in [1.29, 1.82) is 0 Å². The first kappa shape index (κ1) is 17.9. The van der Waals surface area contributed by atoms with Crippen LogP contribution in [0.15, 0.2) is 36.0 Å². The summed E-state index contributed by atoms with van der Waals surface area (Å²) in [5.41, 5.74) is 7.18. The standard InChI is InChI=1S/C18H22N4O4/c19-17(25)12-5-7-21(8-6-12)15-4-2-1-3-13(15)20-14-11-16(24)22(9-10-23)18(14)26/h1-4,11-12,20,23H,5-10H2,(H2,19,25). The zero-order chi connectivity index (χ0) is 18.7. The number of primary amides is 1. The van der Waals surface area contributed by atoms with E-state index in [-0.39, 0.29) is 30.7 Å². The van der Waals surface area contributed by atoms with Gasteiger partial charge in [-0.15, -0.1) is 0 Å². The van der Waals surface area contributed by atoms with Gasteiger partial charge in [0.1, 0.15) is 5.70 Å². The molecule has 1 aromatic rings. The first-order valence-corrected chi connectivity index (χ1v) is 8.60. The number of aliphatic hydroxyl groups is 1. The van der Waals surface area contributed by atoms with Gasteiger partial charge in [-0.3, -0.25) is 19.3 Å². The van der Waals surface area contributed by atoms with Crippen LogP contribution in [0.5, 0.6) is 0 Å². The number of nitrogens with two attached hydrogens (primary N) is 1. The molecule has 8 nitrogen and oxygen atoms in total. The number of nitrogens with one attached hydrogen (secondary N) is 1. The van der Waals surface area contributed by atoms with Gasteiger partial charge in [-0.25, -0.2) is 0 Å². The molecule has 138 valence electrons. The first-order chi connectivity index (χ1) is 12.5. The molecule has 0 bridgehead atoms. The fourth-order valence-corrected chi connectivity index (χ4v) is 3.31. The minimum atomic E-state index is -0.453. The molecular formula is C18H22N4O4. The maximum absolute atomic E-state index is 12.3. The van der Waals surface area contributed by atoms with Gasteiger partial charge >= 0.3 is 0 Å². The van der Waals surface area contributed by atoms with Crippen molar-refractivity contribution in [3.63, 3.8) is 0 Å². The summed E-state index contributed by atoms with van der Waals surface area (Å²) >= 11 is 0. The van der Waals surface area contributed by atoms with Gasteiger partial charge in [-0.1, -0.05) is 12.1 Å². The topological polar surface area (TPSA) is 116 Å². The lowest BCUT2D eigenvalue weighted by atomic mass is 9.96. The quantitative estimate of drug-likeness (QED) is 0.619. The number of aliphatic hydroxyl groups excluding tert-OH is 1. The molecule has 1 fully saturated rings.